The minimum absolute atomic E-state index is 0. The largest absolute Gasteiger partial charge is 0.493 e. The first kappa shape index (κ1) is 24.2. The van der Waals surface area contributed by atoms with Gasteiger partial charge in [0.2, 0.25) is 0 Å². The Hall–Kier alpha value is -1.06. The molecule has 6 nitrogen and oxygen atoms in total. The fourth-order valence-electron chi connectivity index (χ4n) is 3.49. The average Bonchev–Trinajstić information content (AvgIpc) is 3.53. The number of likely N-dealkylation sites (N-methyl/N-ethyl adjacent to an activating group) is 1. The molecule has 1 aliphatic carbocycles. The number of nitrogens with one attached hydrogen (secondary N) is 2. The summed E-state index contributed by atoms with van der Waals surface area (Å²) in [4.78, 5) is 9.32. The number of benzene rings is 1. The summed E-state index contributed by atoms with van der Waals surface area (Å²) in [5.74, 6) is 2.61. The molecule has 2 N–H and O–H groups in total. The summed E-state index contributed by atoms with van der Waals surface area (Å²) >= 11 is 0. The molecule has 29 heavy (non-hydrogen) atoms. The van der Waals surface area contributed by atoms with E-state index >= 15 is 0 Å². The van der Waals surface area contributed by atoms with Gasteiger partial charge in [0.1, 0.15) is 5.75 Å². The van der Waals surface area contributed by atoms with E-state index in [1.165, 1.54) is 43.5 Å². The number of aryl methyl sites for hydroxylation is 1. The molecule has 1 heterocycles. The van der Waals surface area contributed by atoms with Gasteiger partial charge in [-0.2, -0.15) is 0 Å². The van der Waals surface area contributed by atoms with E-state index in [1.54, 1.807) is 0 Å². The third-order valence-electron chi connectivity index (χ3n) is 5.60. The van der Waals surface area contributed by atoms with Crippen LogP contribution < -0.4 is 15.4 Å². The lowest BCUT2D eigenvalue weighted by atomic mass is 10.1. The molecule has 1 aromatic rings. The molecule has 0 amide bonds. The lowest BCUT2D eigenvalue weighted by molar-refractivity contribution is 0.280. The highest BCUT2D eigenvalue weighted by atomic mass is 127. The minimum atomic E-state index is 0. The van der Waals surface area contributed by atoms with E-state index in [9.17, 15) is 0 Å². The van der Waals surface area contributed by atoms with Crippen molar-refractivity contribution in [1.29, 1.82) is 0 Å². The van der Waals surface area contributed by atoms with Gasteiger partial charge in [-0.3, -0.25) is 4.99 Å². The molecule has 2 fully saturated rings. The maximum absolute atomic E-state index is 6.08. The Morgan fingerprint density at radius 1 is 1.17 bits per heavy atom. The number of rotatable bonds is 8. The zero-order valence-corrected chi connectivity index (χ0v) is 20.6. The van der Waals surface area contributed by atoms with Gasteiger partial charge in [-0.05, 0) is 63.9 Å². The summed E-state index contributed by atoms with van der Waals surface area (Å²) in [6, 6.07) is 6.45. The standard InChI is InChI=1S/C22H37N5O.HI/c1-18-5-8-20(21(15-18)28-17-19-6-7-19)16-25-22(23-2)24-9-12-27-11-4-10-26(3)13-14-27;/h5,8,15,19H,4,6-7,9-14,16-17H2,1-3H3,(H2,23,24,25);1H. The van der Waals surface area contributed by atoms with E-state index in [0.29, 0.717) is 6.54 Å². The van der Waals surface area contributed by atoms with Gasteiger partial charge in [0.25, 0.3) is 0 Å². The van der Waals surface area contributed by atoms with Crippen LogP contribution >= 0.6 is 24.0 Å². The van der Waals surface area contributed by atoms with E-state index in [0.717, 1.165) is 50.4 Å². The summed E-state index contributed by atoms with van der Waals surface area (Å²) < 4.78 is 6.08. The predicted molar refractivity (Wildman–Crippen MR) is 132 cm³/mol. The van der Waals surface area contributed by atoms with Crippen LogP contribution in [-0.4, -0.2) is 75.7 Å². The Balaban J connectivity index is 0.00000300. The fraction of sp³-hybridized carbons (Fsp3) is 0.682. The van der Waals surface area contributed by atoms with Gasteiger partial charge in [0.15, 0.2) is 5.96 Å². The second-order valence-corrected chi connectivity index (χ2v) is 8.22. The molecule has 164 valence electrons. The lowest BCUT2D eigenvalue weighted by Gasteiger charge is -2.21. The second-order valence-electron chi connectivity index (χ2n) is 8.22. The van der Waals surface area contributed by atoms with Crippen LogP contribution in [0.3, 0.4) is 0 Å². The van der Waals surface area contributed by atoms with Gasteiger partial charge < -0.3 is 25.2 Å². The molecule has 0 radical (unpaired) electrons. The van der Waals surface area contributed by atoms with Crippen LogP contribution in [0.15, 0.2) is 23.2 Å². The van der Waals surface area contributed by atoms with Gasteiger partial charge >= 0.3 is 0 Å². The predicted octanol–water partition coefficient (Wildman–Crippen LogP) is 2.70. The molecule has 1 aliphatic heterocycles. The molecular formula is C22H38IN5O. The van der Waals surface area contributed by atoms with Crippen LogP contribution in [0.4, 0.5) is 0 Å². The van der Waals surface area contributed by atoms with Crippen molar-refractivity contribution in [2.24, 2.45) is 10.9 Å². The number of guanidine groups is 1. The Bertz CT molecular complexity index is 650. The average molecular weight is 515 g/mol. The molecule has 0 aromatic heterocycles. The number of ether oxygens (including phenoxy) is 1. The van der Waals surface area contributed by atoms with Crippen LogP contribution in [0.25, 0.3) is 0 Å². The van der Waals surface area contributed by atoms with Gasteiger partial charge in [-0.25, -0.2) is 0 Å². The highest BCUT2D eigenvalue weighted by Crippen LogP contribution is 2.30. The van der Waals surface area contributed by atoms with Crippen molar-refractivity contribution >= 4 is 29.9 Å². The molecule has 7 heteroatoms. The van der Waals surface area contributed by atoms with Gasteiger partial charge in [0, 0.05) is 45.3 Å². The van der Waals surface area contributed by atoms with Crippen molar-refractivity contribution in [2.75, 3.05) is 60.0 Å². The maximum Gasteiger partial charge on any atom is 0.191 e. The van der Waals surface area contributed by atoms with Crippen molar-refractivity contribution in [1.82, 2.24) is 20.4 Å². The first-order valence-corrected chi connectivity index (χ1v) is 10.7. The van der Waals surface area contributed by atoms with Crippen LogP contribution in [-0.2, 0) is 6.54 Å². The van der Waals surface area contributed by atoms with Crippen LogP contribution in [0, 0.1) is 12.8 Å². The van der Waals surface area contributed by atoms with Crippen molar-refractivity contribution < 1.29 is 4.74 Å². The number of hydrogen-bond donors (Lipinski definition) is 2. The molecule has 2 aliphatic rings. The second kappa shape index (κ2) is 12.6. The summed E-state index contributed by atoms with van der Waals surface area (Å²) in [5, 5.41) is 6.89. The van der Waals surface area contributed by atoms with E-state index in [1.807, 2.05) is 7.05 Å². The molecule has 1 aromatic carbocycles. The molecule has 1 saturated carbocycles. The first-order chi connectivity index (χ1) is 13.6. The van der Waals surface area contributed by atoms with Gasteiger partial charge in [-0.1, -0.05) is 12.1 Å². The Morgan fingerprint density at radius 3 is 2.76 bits per heavy atom. The first-order valence-electron chi connectivity index (χ1n) is 10.7. The number of halogens is 1. The summed E-state index contributed by atoms with van der Waals surface area (Å²) in [6.45, 7) is 10.3. The van der Waals surface area contributed by atoms with E-state index in [4.69, 9.17) is 4.74 Å². The van der Waals surface area contributed by atoms with Crippen molar-refractivity contribution in [3.63, 3.8) is 0 Å². The molecule has 0 spiro atoms. The smallest absolute Gasteiger partial charge is 0.191 e. The highest BCUT2D eigenvalue weighted by molar-refractivity contribution is 14.0. The van der Waals surface area contributed by atoms with E-state index < -0.39 is 0 Å². The zero-order valence-electron chi connectivity index (χ0n) is 18.2. The number of nitrogens with zero attached hydrogens (tertiary/aromatic N) is 3. The van der Waals surface area contributed by atoms with Crippen molar-refractivity contribution in [2.45, 2.75) is 32.7 Å². The summed E-state index contributed by atoms with van der Waals surface area (Å²) in [7, 11) is 4.04. The van der Waals surface area contributed by atoms with Crippen molar-refractivity contribution in [3.8, 4) is 5.75 Å². The van der Waals surface area contributed by atoms with Gasteiger partial charge in [-0.15, -0.1) is 24.0 Å². The molecule has 0 bridgehead atoms. The normalized spacial score (nSPS) is 18.7. The van der Waals surface area contributed by atoms with Crippen LogP contribution in [0.2, 0.25) is 0 Å². The quantitative estimate of drug-likeness (QED) is 0.317. The Kier molecular flexibility index (Phi) is 10.5. The Morgan fingerprint density at radius 2 is 2.00 bits per heavy atom. The monoisotopic (exact) mass is 515 g/mol. The molecule has 3 rings (SSSR count). The minimum Gasteiger partial charge on any atom is -0.493 e. The third-order valence-corrected chi connectivity index (χ3v) is 5.60. The zero-order chi connectivity index (χ0) is 19.8. The fourth-order valence-corrected chi connectivity index (χ4v) is 3.49. The highest BCUT2D eigenvalue weighted by Gasteiger charge is 2.22. The molecular weight excluding hydrogens is 477 g/mol. The summed E-state index contributed by atoms with van der Waals surface area (Å²) in [6.07, 6.45) is 3.87. The van der Waals surface area contributed by atoms with Crippen LogP contribution in [0.5, 0.6) is 5.75 Å². The molecule has 1 saturated heterocycles. The van der Waals surface area contributed by atoms with Gasteiger partial charge in [0.05, 0.1) is 6.61 Å². The third kappa shape index (κ3) is 8.68. The summed E-state index contributed by atoms with van der Waals surface area (Å²) in [5.41, 5.74) is 2.42. The molecule has 0 unspecified atom stereocenters. The van der Waals surface area contributed by atoms with Crippen molar-refractivity contribution in [3.05, 3.63) is 29.3 Å². The maximum atomic E-state index is 6.08. The molecule has 0 atom stereocenters. The number of aliphatic imine (C=N–C) groups is 1. The lowest BCUT2D eigenvalue weighted by Crippen LogP contribution is -2.42. The number of hydrogen-bond acceptors (Lipinski definition) is 4. The van der Waals surface area contributed by atoms with Crippen LogP contribution in [0.1, 0.15) is 30.4 Å². The topological polar surface area (TPSA) is 52.1 Å². The SMILES string of the molecule is CN=C(NCCN1CCCN(C)CC1)NCc1ccc(C)cc1OCC1CC1.I. The van der Waals surface area contributed by atoms with E-state index in [2.05, 4.69) is 57.6 Å². The van der Waals surface area contributed by atoms with E-state index in [-0.39, 0.29) is 24.0 Å². The Labute approximate surface area is 193 Å².